The standard InChI is InChI=1S/C16H24N2/c1-12(2)13-7-6-8-14-15(13)18(3)11-16(17-14)9-4-5-10-16/h6-8,12,17H,4-5,9-11H2,1-3H3. The van der Waals surface area contributed by atoms with Crippen molar-refractivity contribution in [2.75, 3.05) is 23.8 Å². The fraction of sp³-hybridized carbons (Fsp3) is 0.625. The zero-order valence-electron chi connectivity index (χ0n) is 11.8. The molecule has 0 bridgehead atoms. The summed E-state index contributed by atoms with van der Waals surface area (Å²) in [7, 11) is 2.26. The molecule has 1 aromatic carbocycles. The lowest BCUT2D eigenvalue weighted by atomic mass is 9.90. The minimum Gasteiger partial charge on any atom is -0.376 e. The van der Waals surface area contributed by atoms with Crippen molar-refractivity contribution in [3.8, 4) is 0 Å². The Morgan fingerprint density at radius 3 is 2.61 bits per heavy atom. The van der Waals surface area contributed by atoms with E-state index in [2.05, 4.69) is 49.3 Å². The average molecular weight is 244 g/mol. The Morgan fingerprint density at radius 2 is 1.94 bits per heavy atom. The summed E-state index contributed by atoms with van der Waals surface area (Å²) in [6.45, 7) is 5.72. The summed E-state index contributed by atoms with van der Waals surface area (Å²) in [5, 5.41) is 3.86. The van der Waals surface area contributed by atoms with Gasteiger partial charge in [-0.15, -0.1) is 0 Å². The van der Waals surface area contributed by atoms with E-state index >= 15 is 0 Å². The summed E-state index contributed by atoms with van der Waals surface area (Å²) in [6.07, 6.45) is 5.39. The lowest BCUT2D eigenvalue weighted by Gasteiger charge is -2.43. The number of rotatable bonds is 1. The lowest BCUT2D eigenvalue weighted by Crippen LogP contribution is -2.49. The van der Waals surface area contributed by atoms with Crippen LogP contribution in [0.5, 0.6) is 0 Å². The number of benzene rings is 1. The topological polar surface area (TPSA) is 15.3 Å². The predicted octanol–water partition coefficient (Wildman–Crippen LogP) is 3.98. The van der Waals surface area contributed by atoms with Gasteiger partial charge in [-0.1, -0.05) is 38.8 Å². The first-order valence-corrected chi connectivity index (χ1v) is 7.24. The van der Waals surface area contributed by atoms with Crippen LogP contribution in [0.1, 0.15) is 51.0 Å². The summed E-state index contributed by atoms with van der Waals surface area (Å²) >= 11 is 0. The van der Waals surface area contributed by atoms with Gasteiger partial charge in [0.25, 0.3) is 0 Å². The molecule has 1 heterocycles. The number of para-hydroxylation sites is 1. The predicted molar refractivity (Wildman–Crippen MR) is 78.6 cm³/mol. The SMILES string of the molecule is CC(C)c1cccc2c1N(C)CC1(CCCC1)N2. The molecule has 1 spiro atoms. The molecule has 2 nitrogen and oxygen atoms in total. The maximum absolute atomic E-state index is 3.86. The van der Waals surface area contributed by atoms with E-state index in [4.69, 9.17) is 0 Å². The third-order valence-corrected chi connectivity index (χ3v) is 4.57. The Hall–Kier alpha value is -1.18. The summed E-state index contributed by atoms with van der Waals surface area (Å²) in [4.78, 5) is 2.48. The molecule has 0 amide bonds. The number of hydrogen-bond acceptors (Lipinski definition) is 2. The van der Waals surface area contributed by atoms with Crippen molar-refractivity contribution in [1.29, 1.82) is 0 Å². The summed E-state index contributed by atoms with van der Waals surface area (Å²) in [5.41, 5.74) is 4.58. The molecule has 0 aromatic heterocycles. The quantitative estimate of drug-likeness (QED) is 0.803. The normalized spacial score (nSPS) is 21.2. The number of anilines is 2. The number of nitrogens with zero attached hydrogens (tertiary/aromatic N) is 1. The molecular weight excluding hydrogens is 220 g/mol. The van der Waals surface area contributed by atoms with Gasteiger partial charge in [0.1, 0.15) is 0 Å². The highest BCUT2D eigenvalue weighted by atomic mass is 15.2. The molecule has 1 fully saturated rings. The molecule has 2 heteroatoms. The van der Waals surface area contributed by atoms with Crippen molar-refractivity contribution in [3.63, 3.8) is 0 Å². The van der Waals surface area contributed by atoms with E-state index in [9.17, 15) is 0 Å². The lowest BCUT2D eigenvalue weighted by molar-refractivity contribution is 0.471. The van der Waals surface area contributed by atoms with Gasteiger partial charge < -0.3 is 10.2 Å². The minimum atomic E-state index is 0.345. The Bertz CT molecular complexity index is 444. The third kappa shape index (κ3) is 1.79. The summed E-state index contributed by atoms with van der Waals surface area (Å²) < 4.78 is 0. The van der Waals surface area contributed by atoms with Gasteiger partial charge in [-0.25, -0.2) is 0 Å². The fourth-order valence-electron chi connectivity index (χ4n) is 3.75. The monoisotopic (exact) mass is 244 g/mol. The molecule has 98 valence electrons. The van der Waals surface area contributed by atoms with E-state index in [-0.39, 0.29) is 0 Å². The highest BCUT2D eigenvalue weighted by Gasteiger charge is 2.39. The zero-order chi connectivity index (χ0) is 12.8. The molecule has 0 radical (unpaired) electrons. The fourth-order valence-corrected chi connectivity index (χ4v) is 3.75. The third-order valence-electron chi connectivity index (χ3n) is 4.57. The van der Waals surface area contributed by atoms with Gasteiger partial charge in [0.05, 0.1) is 16.9 Å². The molecule has 1 aliphatic heterocycles. The zero-order valence-corrected chi connectivity index (χ0v) is 11.8. The van der Waals surface area contributed by atoms with E-state index in [1.807, 2.05) is 0 Å². The maximum Gasteiger partial charge on any atom is 0.0635 e. The van der Waals surface area contributed by atoms with Crippen LogP contribution in [0.15, 0.2) is 18.2 Å². The van der Waals surface area contributed by atoms with Gasteiger partial charge in [0, 0.05) is 13.6 Å². The molecule has 2 aliphatic rings. The molecule has 1 aliphatic carbocycles. The highest BCUT2D eigenvalue weighted by molar-refractivity contribution is 5.77. The summed E-state index contributed by atoms with van der Waals surface area (Å²) in [5.74, 6) is 0.585. The van der Waals surface area contributed by atoms with Crippen LogP contribution in [0.3, 0.4) is 0 Å². The first-order valence-electron chi connectivity index (χ1n) is 7.24. The second-order valence-corrected chi connectivity index (χ2v) is 6.37. The van der Waals surface area contributed by atoms with Gasteiger partial charge in [-0.2, -0.15) is 0 Å². The summed E-state index contributed by atoms with van der Waals surface area (Å²) in [6, 6.07) is 6.72. The van der Waals surface area contributed by atoms with Crippen molar-refractivity contribution in [1.82, 2.24) is 0 Å². The molecule has 1 N–H and O–H groups in total. The number of fused-ring (bicyclic) bond motifs is 1. The molecule has 3 rings (SSSR count). The van der Waals surface area contributed by atoms with Crippen LogP contribution in [-0.2, 0) is 0 Å². The Balaban J connectivity index is 2.03. The van der Waals surface area contributed by atoms with Crippen LogP contribution in [0, 0.1) is 0 Å². The Labute approximate surface area is 110 Å². The average Bonchev–Trinajstić information content (AvgIpc) is 2.75. The van der Waals surface area contributed by atoms with E-state index < -0.39 is 0 Å². The maximum atomic E-state index is 3.86. The van der Waals surface area contributed by atoms with E-state index in [1.54, 1.807) is 0 Å². The van der Waals surface area contributed by atoms with Crippen LogP contribution < -0.4 is 10.2 Å². The van der Waals surface area contributed by atoms with Crippen molar-refractivity contribution in [2.24, 2.45) is 0 Å². The second kappa shape index (κ2) is 4.18. The van der Waals surface area contributed by atoms with Crippen LogP contribution in [0.25, 0.3) is 0 Å². The van der Waals surface area contributed by atoms with Crippen LogP contribution in [-0.4, -0.2) is 19.1 Å². The molecule has 1 aromatic rings. The Kier molecular flexibility index (Phi) is 2.76. The number of hydrogen-bond donors (Lipinski definition) is 1. The molecule has 18 heavy (non-hydrogen) atoms. The first-order chi connectivity index (χ1) is 8.61. The smallest absolute Gasteiger partial charge is 0.0635 e. The molecule has 0 atom stereocenters. The molecule has 1 saturated carbocycles. The van der Waals surface area contributed by atoms with Crippen LogP contribution >= 0.6 is 0 Å². The molecular formula is C16H24N2. The second-order valence-electron chi connectivity index (χ2n) is 6.37. The molecule has 0 unspecified atom stereocenters. The van der Waals surface area contributed by atoms with Gasteiger partial charge >= 0.3 is 0 Å². The van der Waals surface area contributed by atoms with Gasteiger partial charge in [-0.05, 0) is 30.4 Å². The Morgan fingerprint density at radius 1 is 1.22 bits per heavy atom. The van der Waals surface area contributed by atoms with Gasteiger partial charge in [0.15, 0.2) is 0 Å². The number of nitrogens with one attached hydrogen (secondary N) is 1. The number of likely N-dealkylation sites (N-methyl/N-ethyl adjacent to an activating group) is 1. The van der Waals surface area contributed by atoms with Gasteiger partial charge in [0.2, 0.25) is 0 Å². The van der Waals surface area contributed by atoms with Crippen LogP contribution in [0.2, 0.25) is 0 Å². The van der Waals surface area contributed by atoms with E-state index in [0.29, 0.717) is 11.5 Å². The van der Waals surface area contributed by atoms with Crippen LogP contribution in [0.4, 0.5) is 11.4 Å². The largest absolute Gasteiger partial charge is 0.376 e. The van der Waals surface area contributed by atoms with Crippen molar-refractivity contribution < 1.29 is 0 Å². The van der Waals surface area contributed by atoms with Crippen molar-refractivity contribution >= 4 is 11.4 Å². The minimum absolute atomic E-state index is 0.345. The van der Waals surface area contributed by atoms with E-state index in [0.717, 1.165) is 6.54 Å². The molecule has 0 saturated heterocycles. The van der Waals surface area contributed by atoms with Crippen molar-refractivity contribution in [2.45, 2.75) is 51.0 Å². The van der Waals surface area contributed by atoms with Gasteiger partial charge in [-0.3, -0.25) is 0 Å². The van der Waals surface area contributed by atoms with Crippen molar-refractivity contribution in [3.05, 3.63) is 23.8 Å². The first kappa shape index (κ1) is 11.9. The van der Waals surface area contributed by atoms with E-state index in [1.165, 1.54) is 42.6 Å². The highest BCUT2D eigenvalue weighted by Crippen LogP contribution is 2.44.